The maximum Gasteiger partial charge on any atom is 0.234 e. The molecule has 2 N–H and O–H groups in total. The first-order chi connectivity index (χ1) is 8.19. The fraction of sp³-hybridized carbons (Fsp3) is 0.923. The van der Waals surface area contributed by atoms with E-state index < -0.39 is 0 Å². The summed E-state index contributed by atoms with van der Waals surface area (Å²) in [6, 6.07) is 0. The molecule has 1 saturated carbocycles. The normalized spacial score (nSPS) is 30.2. The molecule has 17 heavy (non-hydrogen) atoms. The van der Waals surface area contributed by atoms with E-state index in [4.69, 9.17) is 0 Å². The molecule has 0 bridgehead atoms. The van der Waals surface area contributed by atoms with Gasteiger partial charge >= 0.3 is 0 Å². The van der Waals surface area contributed by atoms with E-state index in [-0.39, 0.29) is 12.0 Å². The lowest BCUT2D eigenvalue weighted by Crippen LogP contribution is -2.47. The SMILES string of the molecule is CCC1CN(CC(=O)NCC2CC2)CCC1O. The topological polar surface area (TPSA) is 52.6 Å². The minimum Gasteiger partial charge on any atom is -0.393 e. The fourth-order valence-electron chi connectivity index (χ4n) is 2.48. The van der Waals surface area contributed by atoms with Gasteiger partial charge in [-0.3, -0.25) is 9.69 Å². The number of piperidine rings is 1. The molecule has 1 amide bonds. The Morgan fingerprint density at radius 2 is 2.18 bits per heavy atom. The number of carbonyl (C=O) groups excluding carboxylic acids is 1. The molecule has 2 rings (SSSR count). The van der Waals surface area contributed by atoms with Gasteiger partial charge in [0, 0.05) is 19.6 Å². The Morgan fingerprint density at radius 3 is 2.82 bits per heavy atom. The number of hydrogen-bond donors (Lipinski definition) is 2. The van der Waals surface area contributed by atoms with Crippen molar-refractivity contribution in [1.29, 1.82) is 0 Å². The third-order valence-corrected chi connectivity index (χ3v) is 3.95. The molecule has 0 aromatic carbocycles. The van der Waals surface area contributed by atoms with E-state index in [9.17, 15) is 9.90 Å². The van der Waals surface area contributed by atoms with Crippen molar-refractivity contribution >= 4 is 5.91 Å². The number of nitrogens with one attached hydrogen (secondary N) is 1. The van der Waals surface area contributed by atoms with Gasteiger partial charge < -0.3 is 10.4 Å². The number of rotatable bonds is 5. The highest BCUT2D eigenvalue weighted by Gasteiger charge is 2.27. The average molecular weight is 240 g/mol. The third kappa shape index (κ3) is 3.96. The first kappa shape index (κ1) is 12.8. The summed E-state index contributed by atoms with van der Waals surface area (Å²) < 4.78 is 0. The molecule has 1 aliphatic heterocycles. The van der Waals surface area contributed by atoms with Crippen molar-refractivity contribution in [2.24, 2.45) is 11.8 Å². The summed E-state index contributed by atoms with van der Waals surface area (Å²) in [5.74, 6) is 1.22. The second-order valence-electron chi connectivity index (χ2n) is 5.51. The highest BCUT2D eigenvalue weighted by Crippen LogP contribution is 2.27. The van der Waals surface area contributed by atoms with Crippen LogP contribution < -0.4 is 5.32 Å². The van der Waals surface area contributed by atoms with Gasteiger partial charge in [-0.25, -0.2) is 0 Å². The molecule has 2 aliphatic rings. The van der Waals surface area contributed by atoms with Gasteiger partial charge in [0.15, 0.2) is 0 Å². The van der Waals surface area contributed by atoms with Crippen molar-refractivity contribution in [3.63, 3.8) is 0 Å². The summed E-state index contributed by atoms with van der Waals surface area (Å²) in [4.78, 5) is 13.9. The summed E-state index contributed by atoms with van der Waals surface area (Å²) in [7, 11) is 0. The molecule has 2 fully saturated rings. The summed E-state index contributed by atoms with van der Waals surface area (Å²) >= 11 is 0. The van der Waals surface area contributed by atoms with E-state index in [2.05, 4.69) is 17.1 Å². The first-order valence-electron chi connectivity index (χ1n) is 6.86. The van der Waals surface area contributed by atoms with Crippen molar-refractivity contribution in [3.8, 4) is 0 Å². The van der Waals surface area contributed by atoms with Crippen LogP contribution in [0.2, 0.25) is 0 Å². The molecule has 0 radical (unpaired) electrons. The predicted octanol–water partition coefficient (Wildman–Crippen LogP) is 0.605. The van der Waals surface area contributed by atoms with E-state index >= 15 is 0 Å². The number of carbonyl (C=O) groups is 1. The van der Waals surface area contributed by atoms with Crippen LogP contribution in [0.5, 0.6) is 0 Å². The quantitative estimate of drug-likeness (QED) is 0.740. The third-order valence-electron chi connectivity index (χ3n) is 3.95. The van der Waals surface area contributed by atoms with Gasteiger partial charge in [0.05, 0.1) is 12.6 Å². The number of amides is 1. The monoisotopic (exact) mass is 240 g/mol. The standard InChI is InChI=1S/C13H24N2O2/c1-2-11-8-15(6-5-12(11)16)9-13(17)14-7-10-3-4-10/h10-12,16H,2-9H2,1H3,(H,14,17). The van der Waals surface area contributed by atoms with Crippen LogP contribution in [-0.2, 0) is 4.79 Å². The second-order valence-corrected chi connectivity index (χ2v) is 5.51. The molecular formula is C13H24N2O2. The van der Waals surface area contributed by atoms with Crippen LogP contribution in [-0.4, -0.2) is 48.2 Å². The minimum absolute atomic E-state index is 0.142. The number of nitrogens with zero attached hydrogens (tertiary/aromatic N) is 1. The molecule has 0 spiro atoms. The molecular weight excluding hydrogens is 216 g/mol. The van der Waals surface area contributed by atoms with E-state index in [1.807, 2.05) is 0 Å². The highest BCUT2D eigenvalue weighted by molar-refractivity contribution is 5.78. The van der Waals surface area contributed by atoms with Gasteiger partial charge in [-0.1, -0.05) is 6.92 Å². The van der Waals surface area contributed by atoms with Gasteiger partial charge in [0.25, 0.3) is 0 Å². The lowest BCUT2D eigenvalue weighted by atomic mass is 9.92. The van der Waals surface area contributed by atoms with Crippen molar-refractivity contribution in [3.05, 3.63) is 0 Å². The Bertz CT molecular complexity index is 266. The highest BCUT2D eigenvalue weighted by atomic mass is 16.3. The van der Waals surface area contributed by atoms with Crippen molar-refractivity contribution in [2.45, 2.75) is 38.7 Å². The van der Waals surface area contributed by atoms with Gasteiger partial charge in [-0.05, 0) is 37.5 Å². The van der Waals surface area contributed by atoms with E-state index in [0.717, 1.165) is 38.4 Å². The maximum absolute atomic E-state index is 11.7. The number of hydrogen-bond acceptors (Lipinski definition) is 3. The Hall–Kier alpha value is -0.610. The van der Waals surface area contributed by atoms with E-state index in [0.29, 0.717) is 12.5 Å². The number of aliphatic hydroxyl groups excluding tert-OH is 1. The average Bonchev–Trinajstić information content (AvgIpc) is 3.13. The summed E-state index contributed by atoms with van der Waals surface area (Å²) in [6.07, 6.45) is 4.16. The Morgan fingerprint density at radius 1 is 1.41 bits per heavy atom. The van der Waals surface area contributed by atoms with E-state index in [1.54, 1.807) is 0 Å². The number of likely N-dealkylation sites (tertiary alicyclic amines) is 1. The Kier molecular flexibility index (Phi) is 4.40. The van der Waals surface area contributed by atoms with Crippen LogP contribution in [0.15, 0.2) is 0 Å². The van der Waals surface area contributed by atoms with Gasteiger partial charge in [0.2, 0.25) is 5.91 Å². The van der Waals surface area contributed by atoms with Crippen LogP contribution in [0, 0.1) is 11.8 Å². The largest absolute Gasteiger partial charge is 0.393 e. The summed E-state index contributed by atoms with van der Waals surface area (Å²) in [6.45, 7) is 5.15. The lowest BCUT2D eigenvalue weighted by Gasteiger charge is -2.35. The first-order valence-corrected chi connectivity index (χ1v) is 6.86. The Labute approximate surface area is 103 Å². The summed E-state index contributed by atoms with van der Waals surface area (Å²) in [5.41, 5.74) is 0. The van der Waals surface area contributed by atoms with Crippen molar-refractivity contribution < 1.29 is 9.90 Å². The van der Waals surface area contributed by atoms with Crippen molar-refractivity contribution in [2.75, 3.05) is 26.2 Å². The Balaban J connectivity index is 1.68. The van der Waals surface area contributed by atoms with Crippen LogP contribution >= 0.6 is 0 Å². The molecule has 4 heteroatoms. The predicted molar refractivity (Wildman–Crippen MR) is 66.6 cm³/mol. The molecule has 1 saturated heterocycles. The maximum atomic E-state index is 11.7. The van der Waals surface area contributed by atoms with Crippen LogP contribution in [0.4, 0.5) is 0 Å². The van der Waals surface area contributed by atoms with Crippen molar-refractivity contribution in [1.82, 2.24) is 10.2 Å². The molecule has 2 unspecified atom stereocenters. The second kappa shape index (κ2) is 5.83. The zero-order valence-corrected chi connectivity index (χ0v) is 10.7. The molecule has 1 aliphatic carbocycles. The van der Waals surface area contributed by atoms with Crippen LogP contribution in [0.3, 0.4) is 0 Å². The van der Waals surface area contributed by atoms with Gasteiger partial charge in [0.1, 0.15) is 0 Å². The van der Waals surface area contributed by atoms with E-state index in [1.165, 1.54) is 12.8 Å². The number of aliphatic hydroxyl groups is 1. The fourth-order valence-corrected chi connectivity index (χ4v) is 2.48. The van der Waals surface area contributed by atoms with Crippen LogP contribution in [0.25, 0.3) is 0 Å². The zero-order chi connectivity index (χ0) is 12.3. The minimum atomic E-state index is -0.175. The molecule has 2 atom stereocenters. The molecule has 1 heterocycles. The smallest absolute Gasteiger partial charge is 0.234 e. The molecule has 0 aromatic heterocycles. The molecule has 4 nitrogen and oxygen atoms in total. The van der Waals surface area contributed by atoms with Gasteiger partial charge in [-0.15, -0.1) is 0 Å². The molecule has 98 valence electrons. The van der Waals surface area contributed by atoms with Crippen LogP contribution in [0.1, 0.15) is 32.6 Å². The summed E-state index contributed by atoms with van der Waals surface area (Å²) in [5, 5.41) is 12.8. The molecule has 0 aromatic rings. The zero-order valence-electron chi connectivity index (χ0n) is 10.7. The van der Waals surface area contributed by atoms with Gasteiger partial charge in [-0.2, -0.15) is 0 Å². The lowest BCUT2D eigenvalue weighted by molar-refractivity contribution is -0.123.